The Morgan fingerprint density at radius 2 is 2.25 bits per heavy atom. The largest absolute Gasteiger partial charge is 0.383 e. The van der Waals surface area contributed by atoms with Crippen molar-refractivity contribution in [1.29, 1.82) is 0 Å². The number of benzene rings is 1. The minimum absolute atomic E-state index is 0.203. The fraction of sp³-hybridized carbons (Fsp3) is 0.364. The van der Waals surface area contributed by atoms with Crippen molar-refractivity contribution in [2.45, 2.75) is 12.6 Å². The molecule has 16 heavy (non-hydrogen) atoms. The third-order valence-electron chi connectivity index (χ3n) is 2.09. The van der Waals surface area contributed by atoms with Gasteiger partial charge in [-0.3, -0.25) is 4.79 Å². The topological polar surface area (TPSA) is 64.3 Å². The van der Waals surface area contributed by atoms with E-state index in [4.69, 9.17) is 22.1 Å². The minimum atomic E-state index is -0.646. The number of ether oxygens (including phenoxy) is 1. The molecule has 0 aliphatic carbocycles. The number of halogens is 1. The van der Waals surface area contributed by atoms with Crippen LogP contribution in [0.25, 0.3) is 0 Å². The van der Waals surface area contributed by atoms with E-state index in [-0.39, 0.29) is 12.5 Å². The molecule has 4 nitrogen and oxygen atoms in total. The van der Waals surface area contributed by atoms with Crippen molar-refractivity contribution in [2.75, 3.05) is 13.7 Å². The van der Waals surface area contributed by atoms with Crippen LogP contribution in [0.4, 0.5) is 0 Å². The third kappa shape index (κ3) is 3.81. The van der Waals surface area contributed by atoms with Crippen LogP contribution in [0.3, 0.4) is 0 Å². The van der Waals surface area contributed by atoms with Gasteiger partial charge < -0.3 is 15.8 Å². The van der Waals surface area contributed by atoms with Gasteiger partial charge in [0.05, 0.1) is 6.61 Å². The highest BCUT2D eigenvalue weighted by atomic mass is 35.5. The predicted molar refractivity (Wildman–Crippen MR) is 63.2 cm³/mol. The standard InChI is InChI=1S/C11H15ClN2O2/c1-16-7-10(13)11(15)14-6-8-4-2-3-5-9(8)12/h2-5,10H,6-7,13H2,1H3,(H,14,15). The van der Waals surface area contributed by atoms with Crippen LogP contribution < -0.4 is 11.1 Å². The van der Waals surface area contributed by atoms with Crippen LogP contribution in [0.1, 0.15) is 5.56 Å². The lowest BCUT2D eigenvalue weighted by molar-refractivity contribution is -0.123. The Labute approximate surface area is 99.7 Å². The number of carbonyl (C=O) groups excluding carboxylic acids is 1. The van der Waals surface area contributed by atoms with Gasteiger partial charge in [-0.25, -0.2) is 0 Å². The fourth-order valence-electron chi connectivity index (χ4n) is 1.21. The zero-order chi connectivity index (χ0) is 12.0. The Bertz CT molecular complexity index is 358. The second-order valence-electron chi connectivity index (χ2n) is 3.37. The van der Waals surface area contributed by atoms with Gasteiger partial charge in [0.15, 0.2) is 0 Å². The number of amides is 1. The number of carbonyl (C=O) groups is 1. The molecule has 1 rings (SSSR count). The van der Waals surface area contributed by atoms with Crippen LogP contribution in [0.2, 0.25) is 5.02 Å². The van der Waals surface area contributed by atoms with Crippen molar-refractivity contribution in [3.05, 3.63) is 34.9 Å². The number of hydrogen-bond acceptors (Lipinski definition) is 3. The second kappa shape index (κ2) is 6.48. The summed E-state index contributed by atoms with van der Waals surface area (Å²) in [5.41, 5.74) is 6.42. The van der Waals surface area contributed by atoms with Gasteiger partial charge in [-0.1, -0.05) is 29.8 Å². The number of rotatable bonds is 5. The van der Waals surface area contributed by atoms with Crippen molar-refractivity contribution < 1.29 is 9.53 Å². The summed E-state index contributed by atoms with van der Waals surface area (Å²) < 4.78 is 4.79. The van der Waals surface area contributed by atoms with Gasteiger partial charge in [-0.2, -0.15) is 0 Å². The Kier molecular flexibility index (Phi) is 5.25. The first-order valence-electron chi connectivity index (χ1n) is 4.90. The van der Waals surface area contributed by atoms with Crippen molar-refractivity contribution in [3.8, 4) is 0 Å². The van der Waals surface area contributed by atoms with E-state index >= 15 is 0 Å². The number of nitrogens with one attached hydrogen (secondary N) is 1. The molecule has 1 aromatic carbocycles. The Morgan fingerprint density at radius 1 is 1.56 bits per heavy atom. The maximum Gasteiger partial charge on any atom is 0.239 e. The van der Waals surface area contributed by atoms with E-state index in [9.17, 15) is 4.79 Å². The van der Waals surface area contributed by atoms with E-state index in [1.807, 2.05) is 18.2 Å². The van der Waals surface area contributed by atoms with Crippen LogP contribution in [-0.4, -0.2) is 25.7 Å². The molecule has 0 aromatic heterocycles. The van der Waals surface area contributed by atoms with Crippen molar-refractivity contribution in [3.63, 3.8) is 0 Å². The highest BCUT2D eigenvalue weighted by Crippen LogP contribution is 2.14. The molecule has 0 spiro atoms. The Balaban J connectivity index is 2.46. The van der Waals surface area contributed by atoms with Gasteiger partial charge >= 0.3 is 0 Å². The maximum atomic E-state index is 11.5. The van der Waals surface area contributed by atoms with Crippen LogP contribution in [0.15, 0.2) is 24.3 Å². The van der Waals surface area contributed by atoms with Gasteiger partial charge in [0.1, 0.15) is 6.04 Å². The van der Waals surface area contributed by atoms with Gasteiger partial charge in [0.25, 0.3) is 0 Å². The smallest absolute Gasteiger partial charge is 0.239 e. The summed E-state index contributed by atoms with van der Waals surface area (Å²) in [6, 6.07) is 6.68. The van der Waals surface area contributed by atoms with Crippen LogP contribution in [0.5, 0.6) is 0 Å². The minimum Gasteiger partial charge on any atom is -0.383 e. The SMILES string of the molecule is COCC(N)C(=O)NCc1ccccc1Cl. The van der Waals surface area contributed by atoms with E-state index in [1.165, 1.54) is 7.11 Å². The lowest BCUT2D eigenvalue weighted by Gasteiger charge is -2.11. The average molecular weight is 243 g/mol. The highest BCUT2D eigenvalue weighted by Gasteiger charge is 2.12. The van der Waals surface area contributed by atoms with Crippen LogP contribution >= 0.6 is 11.6 Å². The molecule has 1 amide bonds. The first-order chi connectivity index (χ1) is 7.65. The predicted octanol–water partition coefficient (Wildman–Crippen LogP) is 0.930. The summed E-state index contributed by atoms with van der Waals surface area (Å²) in [6.07, 6.45) is 0. The average Bonchev–Trinajstić information content (AvgIpc) is 2.28. The van der Waals surface area contributed by atoms with E-state index in [0.29, 0.717) is 11.6 Å². The van der Waals surface area contributed by atoms with E-state index in [1.54, 1.807) is 6.07 Å². The zero-order valence-electron chi connectivity index (χ0n) is 9.07. The van der Waals surface area contributed by atoms with Crippen LogP contribution in [-0.2, 0) is 16.1 Å². The second-order valence-corrected chi connectivity index (χ2v) is 3.78. The van der Waals surface area contributed by atoms with E-state index in [2.05, 4.69) is 5.32 Å². The van der Waals surface area contributed by atoms with E-state index < -0.39 is 6.04 Å². The molecule has 0 aliphatic heterocycles. The molecule has 1 aromatic rings. The number of hydrogen-bond donors (Lipinski definition) is 2. The van der Waals surface area contributed by atoms with Crippen molar-refractivity contribution in [1.82, 2.24) is 5.32 Å². The Morgan fingerprint density at radius 3 is 2.88 bits per heavy atom. The lowest BCUT2D eigenvalue weighted by Crippen LogP contribution is -2.43. The summed E-state index contributed by atoms with van der Waals surface area (Å²) in [4.78, 5) is 11.5. The summed E-state index contributed by atoms with van der Waals surface area (Å²) in [7, 11) is 1.50. The van der Waals surface area contributed by atoms with Gasteiger partial charge in [-0.15, -0.1) is 0 Å². The molecule has 0 saturated heterocycles. The van der Waals surface area contributed by atoms with Crippen molar-refractivity contribution in [2.24, 2.45) is 5.73 Å². The highest BCUT2D eigenvalue weighted by molar-refractivity contribution is 6.31. The molecule has 0 heterocycles. The summed E-state index contributed by atoms with van der Waals surface area (Å²) in [6.45, 7) is 0.574. The number of methoxy groups -OCH3 is 1. The van der Waals surface area contributed by atoms with Gasteiger partial charge in [0, 0.05) is 18.7 Å². The molecular weight excluding hydrogens is 228 g/mol. The summed E-state index contributed by atoms with van der Waals surface area (Å²) in [5.74, 6) is -0.248. The molecule has 0 bridgehead atoms. The van der Waals surface area contributed by atoms with E-state index in [0.717, 1.165) is 5.56 Å². The molecule has 3 N–H and O–H groups in total. The molecule has 5 heteroatoms. The molecule has 1 unspecified atom stereocenters. The van der Waals surface area contributed by atoms with Gasteiger partial charge in [0.2, 0.25) is 5.91 Å². The first-order valence-corrected chi connectivity index (χ1v) is 5.28. The molecule has 0 fully saturated rings. The Hall–Kier alpha value is -1.10. The summed E-state index contributed by atoms with van der Waals surface area (Å²) >= 11 is 5.94. The molecule has 0 aliphatic rings. The zero-order valence-corrected chi connectivity index (χ0v) is 9.83. The number of nitrogens with two attached hydrogens (primary N) is 1. The summed E-state index contributed by atoms with van der Waals surface area (Å²) in [5, 5.41) is 3.32. The lowest BCUT2D eigenvalue weighted by atomic mass is 10.2. The quantitative estimate of drug-likeness (QED) is 0.808. The maximum absolute atomic E-state index is 11.5. The molecule has 0 radical (unpaired) electrons. The molecule has 88 valence electrons. The first kappa shape index (κ1) is 13.0. The normalized spacial score (nSPS) is 12.2. The van der Waals surface area contributed by atoms with Crippen molar-refractivity contribution >= 4 is 17.5 Å². The molecular formula is C11H15ClN2O2. The molecule has 1 atom stereocenters. The third-order valence-corrected chi connectivity index (χ3v) is 2.46. The molecule has 0 saturated carbocycles. The monoisotopic (exact) mass is 242 g/mol. The fourth-order valence-corrected chi connectivity index (χ4v) is 1.41. The van der Waals surface area contributed by atoms with Gasteiger partial charge in [-0.05, 0) is 11.6 Å². The van der Waals surface area contributed by atoms with Crippen LogP contribution in [0, 0.1) is 0 Å².